The summed E-state index contributed by atoms with van der Waals surface area (Å²) < 4.78 is 5.77. The van der Waals surface area contributed by atoms with Crippen LogP contribution >= 0.6 is 0 Å². The average molecular weight is 270 g/mol. The maximum Gasteiger partial charge on any atom is 0.426 e. The van der Waals surface area contributed by atoms with Crippen molar-refractivity contribution in [1.29, 1.82) is 0 Å². The number of hydrogen-bond acceptors (Lipinski definition) is 3. The lowest BCUT2D eigenvalue weighted by Gasteiger charge is -2.06. The van der Waals surface area contributed by atoms with Crippen molar-refractivity contribution in [2.24, 2.45) is 0 Å². The number of aromatic nitrogens is 2. The van der Waals surface area contributed by atoms with Gasteiger partial charge < -0.3 is 5.32 Å². The number of rotatable bonds is 3. The normalized spacial score (nSPS) is 10.6. The van der Waals surface area contributed by atoms with Crippen molar-refractivity contribution in [3.05, 3.63) is 59.1 Å². The molecule has 0 aliphatic rings. The second-order valence-electron chi connectivity index (χ2n) is 4.34. The van der Waals surface area contributed by atoms with E-state index in [2.05, 4.69) is 15.1 Å². The lowest BCUT2D eigenvalue weighted by Crippen LogP contribution is -2.41. The van der Waals surface area contributed by atoms with E-state index in [1.54, 1.807) is 0 Å². The van der Waals surface area contributed by atoms with Crippen molar-refractivity contribution in [1.82, 2.24) is 5.27 Å². The molecule has 0 spiro atoms. The van der Waals surface area contributed by atoms with Gasteiger partial charge in [0, 0.05) is 11.1 Å². The summed E-state index contributed by atoms with van der Waals surface area (Å²) in [6.45, 7) is -0.0189. The molecule has 3 rings (SSSR count). The van der Waals surface area contributed by atoms with E-state index in [9.17, 15) is 9.59 Å². The molecule has 0 atom stereocenters. The molecule has 3 aromatic rings. The molecule has 1 heterocycles. The summed E-state index contributed by atoms with van der Waals surface area (Å²) in [4.78, 5) is 22.8. The van der Waals surface area contributed by atoms with Gasteiger partial charge in [0.2, 0.25) is 0 Å². The van der Waals surface area contributed by atoms with Gasteiger partial charge in [-0.15, -0.1) is 0 Å². The zero-order chi connectivity index (χ0) is 13.9. The van der Waals surface area contributed by atoms with Crippen molar-refractivity contribution in [2.75, 3.05) is 5.32 Å². The highest BCUT2D eigenvalue weighted by molar-refractivity contribution is 6.01. The first-order valence-electron chi connectivity index (χ1n) is 6.08. The van der Waals surface area contributed by atoms with Gasteiger partial charge in [-0.3, -0.25) is 9.32 Å². The Bertz CT molecular complexity index is 814. The molecule has 0 fully saturated rings. The van der Waals surface area contributed by atoms with Gasteiger partial charge in [-0.2, -0.15) is 0 Å². The number of nitrogens with one attached hydrogen (secondary N) is 2. The molecular formula is C14H12N3O3+. The van der Waals surface area contributed by atoms with Crippen molar-refractivity contribution in [3.63, 3.8) is 0 Å². The third-order valence-electron chi connectivity index (χ3n) is 2.90. The van der Waals surface area contributed by atoms with Crippen LogP contribution in [0.25, 0.3) is 10.8 Å². The van der Waals surface area contributed by atoms with Gasteiger partial charge in [-0.05, 0) is 16.7 Å². The van der Waals surface area contributed by atoms with Crippen LogP contribution in [0.5, 0.6) is 0 Å². The number of carbonyl (C=O) groups is 1. The van der Waals surface area contributed by atoms with Crippen molar-refractivity contribution >= 4 is 22.4 Å². The number of amides is 1. The third kappa shape index (κ3) is 2.44. The van der Waals surface area contributed by atoms with E-state index in [0.29, 0.717) is 0 Å². The van der Waals surface area contributed by atoms with Crippen LogP contribution < -0.4 is 15.6 Å². The van der Waals surface area contributed by atoms with Crippen molar-refractivity contribution in [2.45, 2.75) is 6.54 Å². The number of hydrogen-bond donors (Lipinski definition) is 2. The maximum absolute atomic E-state index is 11.9. The minimum atomic E-state index is -0.525. The number of carbonyl (C=O) groups excluding carboxylic acids is 1. The number of fused-ring (bicyclic) bond motifs is 1. The highest BCUT2D eigenvalue weighted by Gasteiger charge is 2.13. The van der Waals surface area contributed by atoms with Crippen LogP contribution in [-0.4, -0.2) is 11.2 Å². The van der Waals surface area contributed by atoms with Gasteiger partial charge in [0.15, 0.2) is 0 Å². The Morgan fingerprint density at radius 3 is 2.80 bits per heavy atom. The van der Waals surface area contributed by atoms with Gasteiger partial charge in [0.05, 0.1) is 0 Å². The highest BCUT2D eigenvalue weighted by Crippen LogP contribution is 2.22. The number of nitrogens with zero attached hydrogens (tertiary/aromatic N) is 1. The maximum atomic E-state index is 11.9. The fourth-order valence-electron chi connectivity index (χ4n) is 2.04. The predicted molar refractivity (Wildman–Crippen MR) is 72.1 cm³/mol. The Morgan fingerprint density at radius 1 is 1.20 bits per heavy atom. The summed E-state index contributed by atoms with van der Waals surface area (Å²) in [6.07, 6.45) is 1.18. The van der Waals surface area contributed by atoms with Gasteiger partial charge >= 0.3 is 5.63 Å². The van der Waals surface area contributed by atoms with Gasteiger partial charge in [0.25, 0.3) is 18.6 Å². The SMILES string of the molecule is O=C(C[n+]1cc(=O)o[nH]1)Nc1cccc2ccccc12. The lowest BCUT2D eigenvalue weighted by molar-refractivity contribution is -0.750. The fraction of sp³-hybridized carbons (Fsp3) is 0.0714. The number of aromatic amines is 1. The summed E-state index contributed by atoms with van der Waals surface area (Å²) >= 11 is 0. The van der Waals surface area contributed by atoms with Crippen LogP contribution in [0, 0.1) is 0 Å². The number of H-pyrrole nitrogens is 1. The standard InChI is InChI=1S/C14H11N3O3/c18-13(8-17-9-14(19)20-16-17)15-12-7-3-5-10-4-1-2-6-11(10)12/h1-7,9H,8H2,(H-,15,16,18,19)/p+1. The molecule has 0 saturated carbocycles. The largest absolute Gasteiger partial charge is 0.426 e. The van der Waals surface area contributed by atoms with E-state index in [1.165, 1.54) is 10.9 Å². The Hall–Kier alpha value is -2.89. The van der Waals surface area contributed by atoms with Crippen molar-refractivity contribution < 1.29 is 14.0 Å². The van der Waals surface area contributed by atoms with E-state index in [1.807, 2.05) is 42.5 Å². The molecule has 0 aliphatic carbocycles. The smallest absolute Gasteiger partial charge is 0.320 e. The van der Waals surface area contributed by atoms with E-state index in [4.69, 9.17) is 0 Å². The molecule has 0 unspecified atom stereocenters. The minimum absolute atomic E-state index is 0.0189. The van der Waals surface area contributed by atoms with E-state index in [0.717, 1.165) is 16.5 Å². The quantitative estimate of drug-likeness (QED) is 0.698. The van der Waals surface area contributed by atoms with E-state index < -0.39 is 5.63 Å². The highest BCUT2D eigenvalue weighted by atomic mass is 16.5. The first-order valence-corrected chi connectivity index (χ1v) is 6.08. The molecule has 0 saturated heterocycles. The topological polar surface area (TPSA) is 79.0 Å². The second-order valence-corrected chi connectivity index (χ2v) is 4.34. The van der Waals surface area contributed by atoms with Crippen LogP contribution in [0.15, 0.2) is 58.0 Å². The molecule has 0 aliphatic heterocycles. The molecule has 2 N–H and O–H groups in total. The number of anilines is 1. The molecule has 100 valence electrons. The first kappa shape index (κ1) is 12.2. The van der Waals surface area contributed by atoms with Crippen LogP contribution in [0.3, 0.4) is 0 Å². The molecule has 2 aromatic carbocycles. The summed E-state index contributed by atoms with van der Waals surface area (Å²) in [6, 6.07) is 13.5. The summed E-state index contributed by atoms with van der Waals surface area (Å²) in [5.74, 6) is -0.247. The molecule has 6 heteroatoms. The van der Waals surface area contributed by atoms with E-state index >= 15 is 0 Å². The predicted octanol–water partition coefficient (Wildman–Crippen LogP) is 1.05. The Morgan fingerprint density at radius 2 is 2.00 bits per heavy atom. The molecule has 6 nitrogen and oxygen atoms in total. The average Bonchev–Trinajstić information content (AvgIpc) is 2.84. The Kier molecular flexibility index (Phi) is 3.04. The Balaban J connectivity index is 1.82. The fourth-order valence-corrected chi connectivity index (χ4v) is 2.04. The monoisotopic (exact) mass is 270 g/mol. The summed E-state index contributed by atoms with van der Waals surface area (Å²) in [7, 11) is 0. The zero-order valence-electron chi connectivity index (χ0n) is 10.5. The Labute approximate surface area is 113 Å². The summed E-state index contributed by atoms with van der Waals surface area (Å²) in [5, 5.41) is 7.16. The van der Waals surface area contributed by atoms with Crippen LogP contribution in [-0.2, 0) is 11.3 Å². The molecule has 0 bridgehead atoms. The van der Waals surface area contributed by atoms with E-state index in [-0.39, 0.29) is 12.5 Å². The zero-order valence-corrected chi connectivity index (χ0v) is 10.5. The van der Waals surface area contributed by atoms with Crippen LogP contribution in [0.2, 0.25) is 0 Å². The molecular weight excluding hydrogens is 258 g/mol. The lowest BCUT2D eigenvalue weighted by atomic mass is 10.1. The van der Waals surface area contributed by atoms with Crippen LogP contribution in [0.4, 0.5) is 5.69 Å². The molecule has 0 radical (unpaired) electrons. The summed E-state index contributed by atoms with van der Waals surface area (Å²) in [5.41, 5.74) is 0.211. The van der Waals surface area contributed by atoms with Crippen molar-refractivity contribution in [3.8, 4) is 0 Å². The molecule has 1 aromatic heterocycles. The second kappa shape index (κ2) is 5.00. The van der Waals surface area contributed by atoms with Crippen LogP contribution in [0.1, 0.15) is 0 Å². The van der Waals surface area contributed by atoms with Gasteiger partial charge in [-0.25, -0.2) is 4.79 Å². The number of benzene rings is 2. The van der Waals surface area contributed by atoms with Gasteiger partial charge in [-0.1, -0.05) is 41.1 Å². The molecule has 1 amide bonds. The van der Waals surface area contributed by atoms with Gasteiger partial charge in [0.1, 0.15) is 0 Å². The first-order chi connectivity index (χ1) is 9.72. The minimum Gasteiger partial charge on any atom is -0.320 e. The molecule has 20 heavy (non-hydrogen) atoms. The third-order valence-corrected chi connectivity index (χ3v) is 2.90.